The summed E-state index contributed by atoms with van der Waals surface area (Å²) >= 11 is -3.42. The van der Waals surface area contributed by atoms with Gasteiger partial charge in [0.15, 0.2) is 0 Å². The maximum absolute atomic E-state index is 14.3. The first-order valence-corrected chi connectivity index (χ1v) is 22.5. The fourth-order valence-corrected chi connectivity index (χ4v) is 29.2. The number of benzene rings is 2. The van der Waals surface area contributed by atoms with Crippen molar-refractivity contribution < 1.29 is 19.1 Å². The molecule has 1 heterocycles. The zero-order valence-electron chi connectivity index (χ0n) is 24.6. The predicted octanol–water partition coefficient (Wildman–Crippen LogP) is 8.43. The molecule has 2 aromatic carbocycles. The van der Waals surface area contributed by atoms with E-state index in [9.17, 15) is 9.59 Å². The average Bonchev–Trinajstić information content (AvgIpc) is 3.32. The van der Waals surface area contributed by atoms with E-state index in [1.54, 1.807) is 7.11 Å². The zero-order valence-corrected chi connectivity index (χ0v) is 27.4. The van der Waals surface area contributed by atoms with Crippen LogP contribution in [0.5, 0.6) is 0 Å². The molecule has 2 unspecified atom stereocenters. The summed E-state index contributed by atoms with van der Waals surface area (Å²) in [6.45, 7) is 8.76. The van der Waals surface area contributed by atoms with Crippen LogP contribution in [-0.2, 0) is 14.3 Å². The number of unbranched alkanes of at least 4 members (excludes halogenated alkanes) is 3. The van der Waals surface area contributed by atoms with Crippen LogP contribution in [0.3, 0.4) is 0 Å². The van der Waals surface area contributed by atoms with Gasteiger partial charge in [0, 0.05) is 0 Å². The summed E-state index contributed by atoms with van der Waals surface area (Å²) in [5.41, 5.74) is 1.02. The van der Waals surface area contributed by atoms with Crippen molar-refractivity contribution in [2.75, 3.05) is 7.11 Å². The van der Waals surface area contributed by atoms with Crippen LogP contribution in [0.25, 0.3) is 0 Å². The number of ether oxygens (including phenoxy) is 2. The van der Waals surface area contributed by atoms with Crippen molar-refractivity contribution in [3.63, 3.8) is 0 Å². The summed E-state index contributed by atoms with van der Waals surface area (Å²) in [6.07, 6.45) is 6.42. The van der Waals surface area contributed by atoms with Crippen molar-refractivity contribution in [3.8, 4) is 0 Å². The molecule has 4 rings (SSSR count). The average molecular weight is 640 g/mol. The summed E-state index contributed by atoms with van der Waals surface area (Å²) < 4.78 is 15.5. The zero-order chi connectivity index (χ0) is 28.1. The quantitative estimate of drug-likeness (QED) is 0.195. The summed E-state index contributed by atoms with van der Waals surface area (Å²) in [6, 6.07) is 20.1. The maximum atomic E-state index is 14.3. The molecule has 1 aliphatic heterocycles. The Morgan fingerprint density at radius 1 is 0.846 bits per heavy atom. The van der Waals surface area contributed by atoms with E-state index in [1.807, 2.05) is 55.5 Å². The van der Waals surface area contributed by atoms with E-state index < -0.39 is 33.6 Å². The van der Waals surface area contributed by atoms with Gasteiger partial charge in [0.1, 0.15) is 0 Å². The number of cyclic esters (lactones) is 1. The topological polar surface area (TPSA) is 55.8 Å². The molecule has 212 valence electrons. The molecule has 5 nitrogen and oxygen atoms in total. The number of carbonyl (C=O) groups is 2. The van der Waals surface area contributed by atoms with Crippen molar-refractivity contribution in [1.29, 1.82) is 0 Å². The number of hydrogen-bond acceptors (Lipinski definition) is 4. The first-order chi connectivity index (χ1) is 18.9. The number of nitrogens with zero attached hydrogens (tertiary/aromatic N) is 1. The molecule has 0 N–H and O–H groups in total. The first-order valence-electron chi connectivity index (χ1n) is 15.0. The Balaban J connectivity index is 1.99. The van der Waals surface area contributed by atoms with Crippen LogP contribution in [-0.4, -0.2) is 51.4 Å². The van der Waals surface area contributed by atoms with Crippen LogP contribution >= 0.6 is 0 Å². The molecule has 0 spiro atoms. The summed E-state index contributed by atoms with van der Waals surface area (Å²) in [5.74, 6) is 0.123. The van der Waals surface area contributed by atoms with Crippen LogP contribution in [0.2, 0.25) is 13.3 Å². The first kappa shape index (κ1) is 30.1. The molecule has 2 fully saturated rings. The Hall–Kier alpha value is -1.86. The standard InChI is InChI=1S/C21H20NO4.3C4H9.Sn/c1-21(25-2)16(13-17(21)23)22-18(14-9-5-3-6-10-14)19(26-20(22)24)15-11-7-4-8-12-15;3*1-3-4-2;/h3-12,18-19H,13H2,1-2H3;3*1,3-4H2,2H3;/t18-,19+,21?;;;;/m0..../s1. The number of carbonyl (C=O) groups excluding carboxylic acids is 2. The van der Waals surface area contributed by atoms with Crippen LogP contribution in [0.1, 0.15) is 95.9 Å². The van der Waals surface area contributed by atoms with Crippen molar-refractivity contribution in [2.45, 2.75) is 107 Å². The fraction of sp³-hybridized carbons (Fsp3) is 0.576. The Kier molecular flexibility index (Phi) is 9.85. The molecule has 1 amide bonds. The van der Waals surface area contributed by atoms with Crippen LogP contribution in [0.4, 0.5) is 4.79 Å². The number of ketones is 1. The molecule has 1 aliphatic carbocycles. The molecule has 4 atom stereocenters. The SMILES string of the molecule is CCC[CH2][Sn]([CH2]CCC)([CH2]CCC)[C]1(N2C(=O)O[C@H](c3ccccc3)[C@@H]2c2ccccc2)CC(=O)C1(C)OC. The molecule has 2 aromatic rings. The molecule has 0 bridgehead atoms. The van der Waals surface area contributed by atoms with E-state index in [2.05, 4.69) is 37.8 Å². The molecule has 6 heteroatoms. The van der Waals surface area contributed by atoms with E-state index in [-0.39, 0.29) is 17.9 Å². The Labute approximate surface area is 239 Å². The van der Waals surface area contributed by atoms with Gasteiger partial charge in [-0.2, -0.15) is 0 Å². The van der Waals surface area contributed by atoms with Gasteiger partial charge in [0.25, 0.3) is 0 Å². The molecule has 1 saturated heterocycles. The Morgan fingerprint density at radius 3 is 1.77 bits per heavy atom. The molecular formula is C33H47NO4Sn. The molecular weight excluding hydrogens is 593 g/mol. The second-order valence-electron chi connectivity index (χ2n) is 11.7. The van der Waals surface area contributed by atoms with Gasteiger partial charge >= 0.3 is 240 Å². The van der Waals surface area contributed by atoms with Gasteiger partial charge in [-0.3, -0.25) is 0 Å². The monoisotopic (exact) mass is 641 g/mol. The van der Waals surface area contributed by atoms with E-state index in [0.29, 0.717) is 6.42 Å². The van der Waals surface area contributed by atoms with Crippen molar-refractivity contribution >= 4 is 30.3 Å². The summed E-state index contributed by atoms with van der Waals surface area (Å²) in [7, 11) is 1.68. The van der Waals surface area contributed by atoms with Crippen molar-refractivity contribution in [1.82, 2.24) is 4.90 Å². The van der Waals surface area contributed by atoms with Crippen LogP contribution < -0.4 is 0 Å². The van der Waals surface area contributed by atoms with Gasteiger partial charge < -0.3 is 0 Å². The second kappa shape index (κ2) is 12.8. The normalized spacial score (nSPS) is 26.9. The van der Waals surface area contributed by atoms with E-state index in [0.717, 1.165) is 49.7 Å². The molecule has 0 radical (unpaired) electrons. The summed E-state index contributed by atoms with van der Waals surface area (Å²) in [5, 5.41) is 0. The fourth-order valence-electron chi connectivity index (χ4n) is 7.52. The second-order valence-corrected chi connectivity index (χ2v) is 25.7. The van der Waals surface area contributed by atoms with E-state index in [4.69, 9.17) is 9.47 Å². The van der Waals surface area contributed by atoms with Gasteiger partial charge in [0.2, 0.25) is 0 Å². The van der Waals surface area contributed by atoms with Crippen molar-refractivity contribution in [2.24, 2.45) is 0 Å². The molecule has 0 aromatic heterocycles. The minimum absolute atomic E-state index is 0.123. The molecule has 2 aliphatic rings. The number of methoxy groups -OCH3 is 1. The predicted molar refractivity (Wildman–Crippen MR) is 159 cm³/mol. The van der Waals surface area contributed by atoms with Gasteiger partial charge in [0.05, 0.1) is 0 Å². The number of hydrogen-bond donors (Lipinski definition) is 0. The van der Waals surface area contributed by atoms with Crippen molar-refractivity contribution in [3.05, 3.63) is 71.8 Å². The number of amides is 1. The summed E-state index contributed by atoms with van der Waals surface area (Å²) in [4.78, 5) is 30.1. The Morgan fingerprint density at radius 2 is 1.33 bits per heavy atom. The number of rotatable bonds is 14. The van der Waals surface area contributed by atoms with Gasteiger partial charge in [-0.1, -0.05) is 0 Å². The third-order valence-electron chi connectivity index (χ3n) is 9.72. The number of Topliss-reactive ketones (excluding diaryl/α,β-unsaturated/α-hetero) is 1. The van der Waals surface area contributed by atoms with Gasteiger partial charge in [-0.05, 0) is 0 Å². The molecule has 1 saturated carbocycles. The minimum atomic E-state index is -3.42. The van der Waals surface area contributed by atoms with Gasteiger partial charge in [-0.15, -0.1) is 0 Å². The van der Waals surface area contributed by atoms with E-state index >= 15 is 0 Å². The third-order valence-corrected chi connectivity index (χ3v) is 28.5. The molecule has 39 heavy (non-hydrogen) atoms. The van der Waals surface area contributed by atoms with Crippen LogP contribution in [0, 0.1) is 0 Å². The third kappa shape index (κ3) is 5.07. The van der Waals surface area contributed by atoms with Gasteiger partial charge in [-0.25, -0.2) is 0 Å². The van der Waals surface area contributed by atoms with E-state index in [1.165, 1.54) is 13.3 Å². The van der Waals surface area contributed by atoms with Crippen LogP contribution in [0.15, 0.2) is 60.7 Å². The Bertz CT molecular complexity index is 1090.